The Labute approximate surface area is 151 Å². The molecular weight excluding hydrogens is 336 g/mol. The predicted molar refractivity (Wildman–Crippen MR) is 95.6 cm³/mol. The Hall–Kier alpha value is -3.22. The Morgan fingerprint density at radius 2 is 1.85 bits per heavy atom. The van der Waals surface area contributed by atoms with Crippen LogP contribution < -0.4 is 19.5 Å². The van der Waals surface area contributed by atoms with Crippen molar-refractivity contribution in [2.75, 3.05) is 32.6 Å². The standard InChI is InChI=1S/C19H20N2O5/c1-21(11-18(22)20-13-7-9-14(24-2)10-8-13)19(23)17-12-25-15-5-3-4-6-16(15)26-17/h3-10,17H,11-12H2,1-2H3,(H,20,22)/t17-/m0/s1. The van der Waals surface area contributed by atoms with E-state index in [0.29, 0.717) is 22.9 Å². The summed E-state index contributed by atoms with van der Waals surface area (Å²) in [6, 6.07) is 14.1. The first-order valence-electron chi connectivity index (χ1n) is 8.14. The second-order valence-electron chi connectivity index (χ2n) is 5.84. The van der Waals surface area contributed by atoms with Crippen molar-refractivity contribution in [2.24, 2.45) is 0 Å². The number of fused-ring (bicyclic) bond motifs is 1. The summed E-state index contributed by atoms with van der Waals surface area (Å²) in [6.07, 6.45) is -0.774. The zero-order valence-corrected chi connectivity index (χ0v) is 14.6. The van der Waals surface area contributed by atoms with Gasteiger partial charge in [-0.3, -0.25) is 9.59 Å². The molecule has 136 valence electrons. The van der Waals surface area contributed by atoms with Crippen LogP contribution in [0.3, 0.4) is 0 Å². The van der Waals surface area contributed by atoms with E-state index in [9.17, 15) is 9.59 Å². The molecule has 1 heterocycles. The number of carbonyl (C=O) groups excluding carboxylic acids is 2. The van der Waals surface area contributed by atoms with Crippen molar-refractivity contribution >= 4 is 17.5 Å². The average molecular weight is 356 g/mol. The largest absolute Gasteiger partial charge is 0.497 e. The lowest BCUT2D eigenvalue weighted by atomic mass is 10.2. The molecule has 0 saturated carbocycles. The van der Waals surface area contributed by atoms with Crippen molar-refractivity contribution in [2.45, 2.75) is 6.10 Å². The third kappa shape index (κ3) is 4.05. The number of carbonyl (C=O) groups is 2. The Bertz CT molecular complexity index is 791. The third-order valence-electron chi connectivity index (χ3n) is 3.91. The summed E-state index contributed by atoms with van der Waals surface area (Å²) in [5, 5.41) is 2.74. The van der Waals surface area contributed by atoms with Crippen molar-refractivity contribution in [3.63, 3.8) is 0 Å². The minimum Gasteiger partial charge on any atom is -0.497 e. The maximum atomic E-state index is 12.5. The highest BCUT2D eigenvalue weighted by atomic mass is 16.6. The Kier molecular flexibility index (Phi) is 5.26. The maximum absolute atomic E-state index is 12.5. The molecule has 0 aromatic heterocycles. The molecule has 1 atom stereocenters. The lowest BCUT2D eigenvalue weighted by Crippen LogP contribution is -2.47. The molecule has 0 spiro atoms. The Balaban J connectivity index is 1.54. The van der Waals surface area contributed by atoms with Gasteiger partial charge in [0.1, 0.15) is 12.4 Å². The van der Waals surface area contributed by atoms with E-state index < -0.39 is 6.10 Å². The van der Waals surface area contributed by atoms with Gasteiger partial charge < -0.3 is 24.4 Å². The first-order valence-corrected chi connectivity index (χ1v) is 8.14. The molecule has 1 N–H and O–H groups in total. The smallest absolute Gasteiger partial charge is 0.267 e. The molecule has 7 heteroatoms. The molecule has 0 radical (unpaired) electrons. The molecule has 0 saturated heterocycles. The number of amides is 2. The summed E-state index contributed by atoms with van der Waals surface area (Å²) in [4.78, 5) is 26.0. The average Bonchev–Trinajstić information content (AvgIpc) is 2.67. The maximum Gasteiger partial charge on any atom is 0.267 e. The van der Waals surface area contributed by atoms with Gasteiger partial charge in [-0.2, -0.15) is 0 Å². The molecule has 0 bridgehead atoms. The van der Waals surface area contributed by atoms with Gasteiger partial charge in [0, 0.05) is 12.7 Å². The summed E-state index contributed by atoms with van der Waals surface area (Å²) in [6.45, 7) is 0.0205. The summed E-state index contributed by atoms with van der Waals surface area (Å²) in [5.41, 5.74) is 0.628. The number of para-hydroxylation sites is 2. The number of nitrogens with one attached hydrogen (secondary N) is 1. The minimum atomic E-state index is -0.774. The number of benzene rings is 2. The number of ether oxygens (including phenoxy) is 3. The summed E-state index contributed by atoms with van der Waals surface area (Å²) in [5.74, 6) is 1.21. The normalized spacial score (nSPS) is 15.1. The lowest BCUT2D eigenvalue weighted by molar-refractivity contribution is -0.141. The predicted octanol–water partition coefficient (Wildman–Crippen LogP) is 1.93. The van der Waals surface area contributed by atoms with Crippen molar-refractivity contribution in [1.82, 2.24) is 4.90 Å². The van der Waals surface area contributed by atoms with Crippen LogP contribution in [0.1, 0.15) is 0 Å². The van der Waals surface area contributed by atoms with Crippen molar-refractivity contribution in [3.8, 4) is 17.2 Å². The van der Waals surface area contributed by atoms with E-state index in [1.165, 1.54) is 4.90 Å². The molecule has 0 aliphatic carbocycles. The second kappa shape index (κ2) is 7.77. The number of anilines is 1. The fraction of sp³-hybridized carbons (Fsp3) is 0.263. The van der Waals surface area contributed by atoms with Crippen molar-refractivity contribution in [3.05, 3.63) is 48.5 Å². The van der Waals surface area contributed by atoms with Crippen LogP contribution in [-0.4, -0.2) is 50.1 Å². The highest BCUT2D eigenvalue weighted by Crippen LogP contribution is 2.31. The molecule has 2 aromatic carbocycles. The molecule has 7 nitrogen and oxygen atoms in total. The van der Waals surface area contributed by atoms with Crippen molar-refractivity contribution < 1.29 is 23.8 Å². The van der Waals surface area contributed by atoms with Gasteiger partial charge in [-0.05, 0) is 36.4 Å². The summed E-state index contributed by atoms with van der Waals surface area (Å²) < 4.78 is 16.3. The SMILES string of the molecule is COc1ccc(NC(=O)CN(C)C(=O)[C@@H]2COc3ccccc3O2)cc1. The Morgan fingerprint density at radius 1 is 1.15 bits per heavy atom. The fourth-order valence-corrected chi connectivity index (χ4v) is 2.56. The fourth-order valence-electron chi connectivity index (χ4n) is 2.56. The van der Waals surface area contributed by atoms with Crippen molar-refractivity contribution in [1.29, 1.82) is 0 Å². The van der Waals surface area contributed by atoms with Gasteiger partial charge in [-0.15, -0.1) is 0 Å². The van der Waals surface area contributed by atoms with Gasteiger partial charge in [0.15, 0.2) is 11.5 Å². The molecule has 2 aromatic rings. The number of hydrogen-bond donors (Lipinski definition) is 1. The highest BCUT2D eigenvalue weighted by molar-refractivity contribution is 5.95. The van der Waals surface area contributed by atoms with E-state index in [2.05, 4.69) is 5.32 Å². The van der Waals surface area contributed by atoms with E-state index in [4.69, 9.17) is 14.2 Å². The first-order chi connectivity index (χ1) is 12.6. The first kappa shape index (κ1) is 17.6. The van der Waals surface area contributed by atoms with Gasteiger partial charge in [0.25, 0.3) is 5.91 Å². The zero-order chi connectivity index (χ0) is 18.5. The Morgan fingerprint density at radius 3 is 2.54 bits per heavy atom. The number of methoxy groups -OCH3 is 1. The van der Waals surface area contributed by atoms with E-state index >= 15 is 0 Å². The zero-order valence-electron chi connectivity index (χ0n) is 14.6. The molecule has 2 amide bonds. The molecule has 3 rings (SSSR count). The van der Waals surface area contributed by atoms with Gasteiger partial charge >= 0.3 is 0 Å². The van der Waals surface area contributed by atoms with Crippen LogP contribution in [0.4, 0.5) is 5.69 Å². The van der Waals surface area contributed by atoms with E-state index in [1.807, 2.05) is 6.07 Å². The van der Waals surface area contributed by atoms with Crippen LogP contribution in [-0.2, 0) is 9.59 Å². The van der Waals surface area contributed by atoms with E-state index in [-0.39, 0.29) is 25.0 Å². The lowest BCUT2D eigenvalue weighted by Gasteiger charge is -2.28. The van der Waals surface area contributed by atoms with Crippen LogP contribution in [0, 0.1) is 0 Å². The molecule has 1 aliphatic heterocycles. The quantitative estimate of drug-likeness (QED) is 0.886. The number of nitrogens with zero attached hydrogens (tertiary/aromatic N) is 1. The summed E-state index contributed by atoms with van der Waals surface area (Å²) >= 11 is 0. The minimum absolute atomic E-state index is 0.0909. The molecule has 1 aliphatic rings. The van der Waals surface area contributed by atoms with E-state index in [0.717, 1.165) is 0 Å². The highest BCUT2D eigenvalue weighted by Gasteiger charge is 2.30. The van der Waals surface area contributed by atoms with Gasteiger partial charge in [-0.25, -0.2) is 0 Å². The van der Waals surface area contributed by atoms with Gasteiger partial charge in [0.2, 0.25) is 12.0 Å². The number of likely N-dealkylation sites (N-methyl/N-ethyl adjacent to an activating group) is 1. The van der Waals surface area contributed by atoms with Crippen LogP contribution in [0.15, 0.2) is 48.5 Å². The number of hydrogen-bond acceptors (Lipinski definition) is 5. The molecule has 26 heavy (non-hydrogen) atoms. The van der Waals surface area contributed by atoms with E-state index in [1.54, 1.807) is 56.6 Å². The van der Waals surface area contributed by atoms with Gasteiger partial charge in [0.05, 0.1) is 13.7 Å². The van der Waals surface area contributed by atoms with Crippen LogP contribution in [0.5, 0.6) is 17.2 Å². The summed E-state index contributed by atoms with van der Waals surface area (Å²) in [7, 11) is 3.13. The third-order valence-corrected chi connectivity index (χ3v) is 3.91. The van der Waals surface area contributed by atoms with Crippen LogP contribution in [0.25, 0.3) is 0 Å². The molecule has 0 unspecified atom stereocenters. The van der Waals surface area contributed by atoms with Gasteiger partial charge in [-0.1, -0.05) is 12.1 Å². The monoisotopic (exact) mass is 356 g/mol. The number of rotatable bonds is 5. The topological polar surface area (TPSA) is 77.1 Å². The van der Waals surface area contributed by atoms with Crippen LogP contribution in [0.2, 0.25) is 0 Å². The molecule has 0 fully saturated rings. The van der Waals surface area contributed by atoms with Crippen LogP contribution >= 0.6 is 0 Å². The second-order valence-corrected chi connectivity index (χ2v) is 5.84. The molecular formula is C19H20N2O5.